The first-order chi connectivity index (χ1) is 9.85. The number of benzene rings is 1. The topological polar surface area (TPSA) is 64.3 Å². The molecule has 1 amide bonds. The zero-order chi connectivity index (χ0) is 15.5. The standard InChI is InChI=1S/C16H23BrN2O2/c1-16(2)7-5-12(6-8-16)21-10-15(20)19-14-4-3-11(18)9-13(14)17/h3-4,9,12H,5-8,10,18H2,1-2H3,(H,19,20). The number of halogens is 1. The van der Waals surface area contributed by atoms with Gasteiger partial charge in [-0.3, -0.25) is 4.79 Å². The molecule has 1 aromatic rings. The Kier molecular flexibility index (Phi) is 5.27. The van der Waals surface area contributed by atoms with Crippen molar-refractivity contribution < 1.29 is 9.53 Å². The van der Waals surface area contributed by atoms with E-state index in [0.717, 1.165) is 30.2 Å². The molecule has 1 aromatic carbocycles. The van der Waals surface area contributed by atoms with E-state index in [2.05, 4.69) is 35.1 Å². The Hall–Kier alpha value is -1.07. The number of nitrogens with two attached hydrogens (primary N) is 1. The number of nitrogens with one attached hydrogen (secondary N) is 1. The molecule has 1 aliphatic carbocycles. The molecule has 2 rings (SSSR count). The largest absolute Gasteiger partial charge is 0.399 e. The molecule has 5 heteroatoms. The van der Waals surface area contributed by atoms with Gasteiger partial charge in [0.2, 0.25) is 5.91 Å². The zero-order valence-corrected chi connectivity index (χ0v) is 14.2. The second kappa shape index (κ2) is 6.79. The molecule has 1 saturated carbocycles. The van der Waals surface area contributed by atoms with Gasteiger partial charge >= 0.3 is 0 Å². The minimum Gasteiger partial charge on any atom is -0.399 e. The molecule has 1 aliphatic rings. The molecule has 0 heterocycles. The Balaban J connectivity index is 1.78. The van der Waals surface area contributed by atoms with Gasteiger partial charge in [0.1, 0.15) is 6.61 Å². The molecule has 116 valence electrons. The summed E-state index contributed by atoms with van der Waals surface area (Å²) in [6.07, 6.45) is 4.59. The lowest BCUT2D eigenvalue weighted by molar-refractivity contribution is -0.123. The molecule has 21 heavy (non-hydrogen) atoms. The first kappa shape index (κ1) is 16.3. The van der Waals surface area contributed by atoms with Gasteiger partial charge in [0.15, 0.2) is 0 Å². The SMILES string of the molecule is CC1(C)CCC(OCC(=O)Nc2ccc(N)cc2Br)CC1. The first-order valence-electron chi connectivity index (χ1n) is 7.32. The van der Waals surface area contributed by atoms with Gasteiger partial charge in [-0.1, -0.05) is 13.8 Å². The van der Waals surface area contributed by atoms with E-state index in [1.165, 1.54) is 0 Å². The van der Waals surface area contributed by atoms with Crippen LogP contribution in [0.5, 0.6) is 0 Å². The van der Waals surface area contributed by atoms with Crippen LogP contribution in [-0.2, 0) is 9.53 Å². The van der Waals surface area contributed by atoms with Crippen molar-refractivity contribution in [2.75, 3.05) is 17.7 Å². The van der Waals surface area contributed by atoms with Gasteiger partial charge in [0.25, 0.3) is 0 Å². The van der Waals surface area contributed by atoms with Crippen LogP contribution in [0.2, 0.25) is 0 Å². The summed E-state index contributed by atoms with van der Waals surface area (Å²) >= 11 is 3.38. The van der Waals surface area contributed by atoms with Crippen LogP contribution in [0.15, 0.2) is 22.7 Å². The molecule has 0 bridgehead atoms. The van der Waals surface area contributed by atoms with Crippen LogP contribution in [0.25, 0.3) is 0 Å². The van der Waals surface area contributed by atoms with Crippen LogP contribution >= 0.6 is 15.9 Å². The summed E-state index contributed by atoms with van der Waals surface area (Å²) in [5.41, 5.74) is 7.45. The third kappa shape index (κ3) is 5.00. The predicted octanol–water partition coefficient (Wildman–Crippen LogP) is 3.96. The monoisotopic (exact) mass is 354 g/mol. The average molecular weight is 355 g/mol. The number of carbonyl (C=O) groups is 1. The molecule has 1 fully saturated rings. The number of hydrogen-bond acceptors (Lipinski definition) is 3. The Morgan fingerprint density at radius 2 is 2.10 bits per heavy atom. The normalized spacial score (nSPS) is 18.4. The van der Waals surface area contributed by atoms with Crippen LogP contribution < -0.4 is 11.1 Å². The van der Waals surface area contributed by atoms with E-state index in [9.17, 15) is 4.79 Å². The van der Waals surface area contributed by atoms with Crippen molar-refractivity contribution in [1.82, 2.24) is 0 Å². The molecule has 3 N–H and O–H groups in total. The predicted molar refractivity (Wildman–Crippen MR) is 89.2 cm³/mol. The van der Waals surface area contributed by atoms with Gasteiger partial charge in [-0.05, 0) is 65.2 Å². The quantitative estimate of drug-likeness (QED) is 0.804. The average Bonchev–Trinajstić information content (AvgIpc) is 2.41. The van der Waals surface area contributed by atoms with E-state index in [1.54, 1.807) is 18.2 Å². The Labute approximate surface area is 134 Å². The molecule has 0 radical (unpaired) electrons. The Morgan fingerprint density at radius 1 is 1.43 bits per heavy atom. The number of ether oxygens (including phenoxy) is 1. The van der Waals surface area contributed by atoms with Crippen LogP contribution in [0.3, 0.4) is 0 Å². The minimum absolute atomic E-state index is 0.0991. The lowest BCUT2D eigenvalue weighted by Crippen LogP contribution is -2.29. The van der Waals surface area contributed by atoms with Crippen LogP contribution in [0.1, 0.15) is 39.5 Å². The van der Waals surface area contributed by atoms with Crippen molar-refractivity contribution in [3.8, 4) is 0 Å². The third-order valence-electron chi connectivity index (χ3n) is 4.00. The van der Waals surface area contributed by atoms with Crippen molar-refractivity contribution in [2.24, 2.45) is 5.41 Å². The molecule has 0 aromatic heterocycles. The molecule has 4 nitrogen and oxygen atoms in total. The van der Waals surface area contributed by atoms with Crippen molar-refractivity contribution >= 4 is 33.2 Å². The van der Waals surface area contributed by atoms with Crippen LogP contribution in [0, 0.1) is 5.41 Å². The summed E-state index contributed by atoms with van der Waals surface area (Å²) in [6.45, 7) is 4.67. The first-order valence-corrected chi connectivity index (χ1v) is 8.11. The van der Waals surface area contributed by atoms with E-state index in [0.29, 0.717) is 16.8 Å². The fourth-order valence-corrected chi connectivity index (χ4v) is 3.05. The van der Waals surface area contributed by atoms with Gasteiger partial charge in [-0.15, -0.1) is 0 Å². The Morgan fingerprint density at radius 3 is 2.71 bits per heavy atom. The Bertz CT molecular complexity index is 507. The molecule has 0 saturated heterocycles. The highest BCUT2D eigenvalue weighted by molar-refractivity contribution is 9.10. The van der Waals surface area contributed by atoms with E-state index in [-0.39, 0.29) is 18.6 Å². The lowest BCUT2D eigenvalue weighted by atomic mass is 9.76. The summed E-state index contributed by atoms with van der Waals surface area (Å²) in [5, 5.41) is 2.83. The van der Waals surface area contributed by atoms with Gasteiger partial charge < -0.3 is 15.8 Å². The molecule has 0 atom stereocenters. The zero-order valence-electron chi connectivity index (χ0n) is 12.6. The molecule has 0 unspecified atom stereocenters. The number of carbonyl (C=O) groups excluding carboxylic acids is 1. The highest BCUT2D eigenvalue weighted by atomic mass is 79.9. The van der Waals surface area contributed by atoms with Gasteiger partial charge in [0, 0.05) is 10.2 Å². The van der Waals surface area contributed by atoms with Crippen molar-refractivity contribution in [1.29, 1.82) is 0 Å². The minimum atomic E-state index is -0.134. The number of nitrogen functional groups attached to an aromatic ring is 1. The summed E-state index contributed by atoms with van der Waals surface area (Å²) in [5.74, 6) is -0.134. The van der Waals surface area contributed by atoms with Crippen LogP contribution in [0.4, 0.5) is 11.4 Å². The molecular weight excluding hydrogens is 332 g/mol. The molecule has 0 spiro atoms. The van der Waals surface area contributed by atoms with E-state index >= 15 is 0 Å². The smallest absolute Gasteiger partial charge is 0.250 e. The summed E-state index contributed by atoms with van der Waals surface area (Å²) in [6, 6.07) is 5.30. The highest BCUT2D eigenvalue weighted by Gasteiger charge is 2.27. The second-order valence-corrected chi connectivity index (χ2v) is 7.32. The second-order valence-electron chi connectivity index (χ2n) is 6.46. The summed E-state index contributed by atoms with van der Waals surface area (Å²) < 4.78 is 6.50. The maximum atomic E-state index is 11.9. The van der Waals surface area contributed by atoms with E-state index in [1.807, 2.05) is 0 Å². The molecular formula is C16H23BrN2O2. The maximum Gasteiger partial charge on any atom is 0.250 e. The van der Waals surface area contributed by atoms with Crippen molar-refractivity contribution in [3.63, 3.8) is 0 Å². The summed E-state index contributed by atoms with van der Waals surface area (Å²) in [7, 11) is 0. The summed E-state index contributed by atoms with van der Waals surface area (Å²) in [4.78, 5) is 11.9. The highest BCUT2D eigenvalue weighted by Crippen LogP contribution is 2.36. The van der Waals surface area contributed by atoms with Crippen molar-refractivity contribution in [3.05, 3.63) is 22.7 Å². The number of hydrogen-bond donors (Lipinski definition) is 2. The maximum absolute atomic E-state index is 11.9. The van der Waals surface area contributed by atoms with Crippen LogP contribution in [-0.4, -0.2) is 18.6 Å². The van der Waals surface area contributed by atoms with E-state index < -0.39 is 0 Å². The third-order valence-corrected chi connectivity index (χ3v) is 4.66. The van der Waals surface area contributed by atoms with Gasteiger partial charge in [-0.2, -0.15) is 0 Å². The fraction of sp³-hybridized carbons (Fsp3) is 0.562. The van der Waals surface area contributed by atoms with Gasteiger partial charge in [-0.25, -0.2) is 0 Å². The van der Waals surface area contributed by atoms with Gasteiger partial charge in [0.05, 0.1) is 11.8 Å². The molecule has 0 aliphatic heterocycles. The lowest BCUT2D eigenvalue weighted by Gasteiger charge is -2.34. The van der Waals surface area contributed by atoms with Crippen molar-refractivity contribution in [2.45, 2.75) is 45.6 Å². The number of amides is 1. The van der Waals surface area contributed by atoms with E-state index in [4.69, 9.17) is 10.5 Å². The number of rotatable bonds is 4. The number of anilines is 2. The fourth-order valence-electron chi connectivity index (χ4n) is 2.55.